The number of amides is 1. The molecule has 2 aromatic carbocycles. The molecule has 0 aliphatic rings. The van der Waals surface area contributed by atoms with Gasteiger partial charge in [-0.2, -0.15) is 0 Å². The van der Waals surface area contributed by atoms with Crippen molar-refractivity contribution < 1.29 is 23.9 Å². The number of benzene rings is 2. The lowest BCUT2D eigenvalue weighted by Gasteiger charge is -2.18. The minimum atomic E-state index is -0.859. The average Bonchev–Trinajstić information content (AvgIpc) is 2.78. The van der Waals surface area contributed by atoms with Crippen molar-refractivity contribution >= 4 is 49.7 Å². The Morgan fingerprint density at radius 3 is 2.29 bits per heavy atom. The number of nitrogens with one attached hydrogen (secondary N) is 1. The van der Waals surface area contributed by atoms with Gasteiger partial charge in [-0.25, -0.2) is 9.59 Å². The van der Waals surface area contributed by atoms with Gasteiger partial charge in [0.05, 0.1) is 16.9 Å². The second-order valence-electron chi connectivity index (χ2n) is 6.80. The van der Waals surface area contributed by atoms with Gasteiger partial charge in [-0.15, -0.1) is 0 Å². The van der Waals surface area contributed by atoms with E-state index in [0.29, 0.717) is 10.9 Å². The molecule has 1 unspecified atom stereocenters. The van der Waals surface area contributed by atoms with Gasteiger partial charge in [-0.1, -0.05) is 58.4 Å². The molecule has 0 bridgehead atoms. The zero-order chi connectivity index (χ0) is 22.8. The summed E-state index contributed by atoms with van der Waals surface area (Å²) in [7, 11) is 0. The van der Waals surface area contributed by atoms with Crippen LogP contribution in [0.15, 0.2) is 54.6 Å². The molecule has 9 heteroatoms. The van der Waals surface area contributed by atoms with Gasteiger partial charge in [0.2, 0.25) is 5.91 Å². The number of ether oxygens (including phenoxy) is 2. The lowest BCUT2D eigenvalue weighted by atomic mass is 10.0. The van der Waals surface area contributed by atoms with Crippen molar-refractivity contribution in [3.8, 4) is 0 Å². The summed E-state index contributed by atoms with van der Waals surface area (Å²) in [6.07, 6.45) is 0.245. The SMILES string of the molecule is CC(NC(=O)[C@@H](N)Cc1ccc(C(=O)OCc2ccccc2)cc1)C(=O)O[C@@H](Br)CBr. The van der Waals surface area contributed by atoms with Crippen LogP contribution in [0.1, 0.15) is 28.4 Å². The first-order valence-corrected chi connectivity index (χ1v) is 11.6. The number of rotatable bonds is 10. The van der Waals surface area contributed by atoms with E-state index in [9.17, 15) is 14.4 Å². The van der Waals surface area contributed by atoms with Gasteiger partial charge < -0.3 is 20.5 Å². The van der Waals surface area contributed by atoms with Gasteiger partial charge in [-0.3, -0.25) is 4.79 Å². The molecular formula is C22H24Br2N2O5. The molecule has 31 heavy (non-hydrogen) atoms. The molecule has 2 aromatic rings. The number of alkyl halides is 2. The Bertz CT molecular complexity index is 877. The maximum Gasteiger partial charge on any atom is 0.338 e. The molecule has 3 atom stereocenters. The Morgan fingerprint density at radius 2 is 1.68 bits per heavy atom. The zero-order valence-corrected chi connectivity index (χ0v) is 20.1. The van der Waals surface area contributed by atoms with Gasteiger partial charge in [0.1, 0.15) is 12.6 Å². The van der Waals surface area contributed by atoms with Crippen molar-refractivity contribution in [1.29, 1.82) is 0 Å². The van der Waals surface area contributed by atoms with Gasteiger partial charge in [0.15, 0.2) is 5.01 Å². The van der Waals surface area contributed by atoms with Gasteiger partial charge >= 0.3 is 11.9 Å². The smallest absolute Gasteiger partial charge is 0.338 e. The molecule has 0 saturated heterocycles. The molecule has 166 valence electrons. The normalized spacial score (nSPS) is 13.5. The second-order valence-corrected chi connectivity index (χ2v) is 8.47. The topological polar surface area (TPSA) is 108 Å². The molecule has 0 fully saturated rings. The maximum atomic E-state index is 12.3. The zero-order valence-electron chi connectivity index (χ0n) is 16.9. The first-order chi connectivity index (χ1) is 14.8. The van der Waals surface area contributed by atoms with Crippen LogP contribution in [0, 0.1) is 0 Å². The third kappa shape index (κ3) is 8.43. The van der Waals surface area contributed by atoms with Gasteiger partial charge in [0, 0.05) is 0 Å². The third-order valence-electron chi connectivity index (χ3n) is 4.27. The molecule has 0 heterocycles. The Labute approximate surface area is 197 Å². The summed E-state index contributed by atoms with van der Waals surface area (Å²) >= 11 is 6.34. The highest BCUT2D eigenvalue weighted by atomic mass is 79.9. The molecule has 0 aliphatic carbocycles. The van der Waals surface area contributed by atoms with Crippen LogP contribution in [0.5, 0.6) is 0 Å². The first kappa shape index (κ1) is 25.0. The number of hydrogen-bond acceptors (Lipinski definition) is 6. The lowest BCUT2D eigenvalue weighted by molar-refractivity contribution is -0.147. The van der Waals surface area contributed by atoms with Crippen LogP contribution >= 0.6 is 31.9 Å². The fourth-order valence-corrected chi connectivity index (χ4v) is 2.89. The monoisotopic (exact) mass is 554 g/mol. The fraction of sp³-hybridized carbons (Fsp3) is 0.318. The van der Waals surface area contributed by atoms with Crippen molar-refractivity contribution in [2.45, 2.75) is 37.0 Å². The van der Waals surface area contributed by atoms with Crippen molar-refractivity contribution in [2.24, 2.45) is 5.73 Å². The second kappa shape index (κ2) is 12.6. The molecule has 0 saturated carbocycles. The number of esters is 2. The van der Waals surface area contributed by atoms with E-state index in [2.05, 4.69) is 37.2 Å². The molecule has 2 rings (SSSR count). The van der Waals surface area contributed by atoms with Crippen molar-refractivity contribution in [3.05, 3.63) is 71.3 Å². The van der Waals surface area contributed by atoms with Gasteiger partial charge in [0.25, 0.3) is 0 Å². The van der Waals surface area contributed by atoms with E-state index in [1.165, 1.54) is 6.92 Å². The largest absolute Gasteiger partial charge is 0.457 e. The fourth-order valence-electron chi connectivity index (χ4n) is 2.57. The highest BCUT2D eigenvalue weighted by Gasteiger charge is 2.23. The average molecular weight is 556 g/mol. The van der Waals surface area contributed by atoms with Crippen molar-refractivity contribution in [1.82, 2.24) is 5.32 Å². The minimum Gasteiger partial charge on any atom is -0.457 e. The third-order valence-corrected chi connectivity index (χ3v) is 6.24. The number of hydrogen-bond donors (Lipinski definition) is 2. The van der Waals surface area contributed by atoms with Crippen LogP contribution in [0.2, 0.25) is 0 Å². The summed E-state index contributed by atoms with van der Waals surface area (Å²) in [6.45, 7) is 1.72. The van der Waals surface area contributed by atoms with E-state index in [1.807, 2.05) is 30.3 Å². The quantitative estimate of drug-likeness (QED) is 0.344. The van der Waals surface area contributed by atoms with Crippen molar-refractivity contribution in [2.75, 3.05) is 5.33 Å². The van der Waals surface area contributed by atoms with Crippen LogP contribution in [0.4, 0.5) is 0 Å². The van der Waals surface area contributed by atoms with Crippen molar-refractivity contribution in [3.63, 3.8) is 0 Å². The Hall–Kier alpha value is -2.23. The summed E-state index contributed by atoms with van der Waals surface area (Å²) < 4.78 is 10.4. The van der Waals surface area contributed by atoms with Gasteiger partial charge in [-0.05, 0) is 52.5 Å². The summed E-state index contributed by atoms with van der Waals surface area (Å²) in [5.41, 5.74) is 8.05. The molecule has 7 nitrogen and oxygen atoms in total. The Morgan fingerprint density at radius 1 is 1.03 bits per heavy atom. The summed E-state index contributed by atoms with van der Waals surface area (Å²) in [5.74, 6) is -1.47. The highest BCUT2D eigenvalue weighted by molar-refractivity contribution is 9.12. The summed E-state index contributed by atoms with van der Waals surface area (Å²) in [4.78, 5) is 36.4. The minimum absolute atomic E-state index is 0.193. The molecule has 3 N–H and O–H groups in total. The van der Waals surface area contributed by atoms with Crippen LogP contribution in [0.3, 0.4) is 0 Å². The molecule has 1 amide bonds. The summed E-state index contributed by atoms with van der Waals surface area (Å²) in [5, 5.41) is 2.49. The van der Waals surface area contributed by atoms with E-state index in [1.54, 1.807) is 24.3 Å². The molecule has 0 aromatic heterocycles. The first-order valence-electron chi connectivity index (χ1n) is 9.56. The molecule has 0 spiro atoms. The van der Waals surface area contributed by atoms with E-state index in [4.69, 9.17) is 15.2 Å². The van der Waals surface area contributed by atoms with E-state index >= 15 is 0 Å². The number of carbonyl (C=O) groups excluding carboxylic acids is 3. The molecule has 0 aliphatic heterocycles. The number of carbonyl (C=O) groups is 3. The van der Waals surface area contributed by atoms with Crippen LogP contribution in [-0.2, 0) is 32.1 Å². The van der Waals surface area contributed by atoms with Crippen LogP contribution in [0.25, 0.3) is 0 Å². The highest BCUT2D eigenvalue weighted by Crippen LogP contribution is 2.11. The standard InChI is InChI=1S/C22H24Br2N2O5/c1-14(21(28)31-19(24)12-23)26-20(27)18(25)11-15-7-9-17(10-8-15)22(29)30-13-16-5-3-2-4-6-16/h2-10,14,18-19H,11-13,25H2,1H3,(H,26,27)/t14?,18-,19+/m0/s1. The van der Waals surface area contributed by atoms with Crippen LogP contribution in [-0.4, -0.2) is 40.3 Å². The number of halogens is 2. The molecule has 0 radical (unpaired) electrons. The van der Waals surface area contributed by atoms with E-state index < -0.39 is 34.9 Å². The predicted molar refractivity (Wildman–Crippen MR) is 124 cm³/mol. The lowest BCUT2D eigenvalue weighted by Crippen LogP contribution is -2.48. The summed E-state index contributed by atoms with van der Waals surface area (Å²) in [6, 6.07) is 14.4. The Kier molecular flexibility index (Phi) is 10.2. The molecular weight excluding hydrogens is 532 g/mol. The van der Waals surface area contributed by atoms with Crippen LogP contribution < -0.4 is 11.1 Å². The predicted octanol–water partition coefficient (Wildman–Crippen LogP) is 3.08. The van der Waals surface area contributed by atoms with E-state index in [-0.39, 0.29) is 13.0 Å². The number of nitrogens with two attached hydrogens (primary N) is 1. The Balaban J connectivity index is 1.83. The van der Waals surface area contributed by atoms with E-state index in [0.717, 1.165) is 11.1 Å². The maximum absolute atomic E-state index is 12.3.